The minimum atomic E-state index is -0.452. The Bertz CT molecular complexity index is 503. The van der Waals surface area contributed by atoms with E-state index in [2.05, 4.69) is 0 Å². The quantitative estimate of drug-likeness (QED) is 0.921. The van der Waals surface area contributed by atoms with E-state index in [0.717, 1.165) is 6.42 Å². The summed E-state index contributed by atoms with van der Waals surface area (Å²) in [5.74, 6) is 1.34. The highest BCUT2D eigenvalue weighted by Crippen LogP contribution is 2.29. The van der Waals surface area contributed by atoms with Crippen LogP contribution in [0.15, 0.2) is 18.2 Å². The van der Waals surface area contributed by atoms with E-state index in [0.29, 0.717) is 36.8 Å². The minimum Gasteiger partial charge on any atom is -0.493 e. The molecule has 2 atom stereocenters. The number of hydrogen-bond donors (Lipinski definition) is 1. The van der Waals surface area contributed by atoms with Crippen LogP contribution in [0.4, 0.5) is 0 Å². The molecule has 21 heavy (non-hydrogen) atoms. The average molecular weight is 293 g/mol. The second-order valence-electron chi connectivity index (χ2n) is 5.38. The zero-order valence-electron chi connectivity index (χ0n) is 12.8. The van der Waals surface area contributed by atoms with Crippen LogP contribution in [0.5, 0.6) is 11.5 Å². The number of aliphatic hydroxyl groups is 1. The predicted octanol–water partition coefficient (Wildman–Crippen LogP) is 1.94. The zero-order chi connectivity index (χ0) is 15.4. The van der Waals surface area contributed by atoms with Crippen LogP contribution in [-0.2, 0) is 0 Å². The van der Waals surface area contributed by atoms with Gasteiger partial charge in [-0.2, -0.15) is 0 Å². The lowest BCUT2D eigenvalue weighted by Crippen LogP contribution is -2.45. The Morgan fingerprint density at radius 3 is 2.81 bits per heavy atom. The molecule has 2 unspecified atom stereocenters. The number of methoxy groups -OCH3 is 1. The van der Waals surface area contributed by atoms with Gasteiger partial charge in [0.25, 0.3) is 5.91 Å². The third-order valence-electron chi connectivity index (χ3n) is 3.92. The number of carbonyl (C=O) groups is 1. The highest BCUT2D eigenvalue weighted by atomic mass is 16.5. The Morgan fingerprint density at radius 1 is 1.43 bits per heavy atom. The fourth-order valence-electron chi connectivity index (χ4n) is 2.49. The summed E-state index contributed by atoms with van der Waals surface area (Å²) in [5, 5.41) is 9.92. The Morgan fingerprint density at radius 2 is 2.19 bits per heavy atom. The van der Waals surface area contributed by atoms with Gasteiger partial charge in [-0.15, -0.1) is 0 Å². The lowest BCUT2D eigenvalue weighted by atomic mass is 9.95. The monoisotopic (exact) mass is 293 g/mol. The van der Waals surface area contributed by atoms with E-state index in [1.807, 2.05) is 13.8 Å². The first-order chi connectivity index (χ1) is 10.1. The highest BCUT2D eigenvalue weighted by molar-refractivity contribution is 5.95. The maximum Gasteiger partial charge on any atom is 0.254 e. The van der Waals surface area contributed by atoms with Gasteiger partial charge in [0.05, 0.1) is 19.8 Å². The fourth-order valence-corrected chi connectivity index (χ4v) is 2.49. The van der Waals surface area contributed by atoms with Crippen molar-refractivity contribution in [3.8, 4) is 11.5 Å². The van der Waals surface area contributed by atoms with Crippen molar-refractivity contribution in [3.05, 3.63) is 23.8 Å². The molecule has 1 aliphatic heterocycles. The summed E-state index contributed by atoms with van der Waals surface area (Å²) in [5.41, 5.74) is 0.553. The molecule has 1 fully saturated rings. The van der Waals surface area contributed by atoms with Crippen LogP contribution in [0, 0.1) is 5.92 Å². The van der Waals surface area contributed by atoms with Crippen molar-refractivity contribution in [1.29, 1.82) is 0 Å². The first-order valence-corrected chi connectivity index (χ1v) is 7.35. The lowest BCUT2D eigenvalue weighted by Gasteiger charge is -2.34. The Kier molecular flexibility index (Phi) is 5.07. The lowest BCUT2D eigenvalue weighted by molar-refractivity contribution is 0.0248. The molecular formula is C16H23NO4. The largest absolute Gasteiger partial charge is 0.493 e. The van der Waals surface area contributed by atoms with Gasteiger partial charge in [-0.1, -0.05) is 6.92 Å². The van der Waals surface area contributed by atoms with Gasteiger partial charge in [0.15, 0.2) is 11.5 Å². The number of likely N-dealkylation sites (tertiary alicyclic amines) is 1. The van der Waals surface area contributed by atoms with Crippen LogP contribution >= 0.6 is 0 Å². The number of aliphatic hydroxyl groups excluding tert-OH is 1. The van der Waals surface area contributed by atoms with Crippen molar-refractivity contribution < 1.29 is 19.4 Å². The van der Waals surface area contributed by atoms with Crippen LogP contribution in [0.25, 0.3) is 0 Å². The molecule has 1 aliphatic rings. The molecule has 0 saturated carbocycles. The number of β-amino-alcohol motifs (C(OH)–C–C–N with tert-alkyl or cyclic N) is 1. The Balaban J connectivity index is 2.15. The van der Waals surface area contributed by atoms with Gasteiger partial charge in [0, 0.05) is 18.7 Å². The molecule has 1 amide bonds. The van der Waals surface area contributed by atoms with E-state index in [1.165, 1.54) is 0 Å². The number of hydrogen-bond acceptors (Lipinski definition) is 4. The van der Waals surface area contributed by atoms with Crippen LogP contribution in [0.2, 0.25) is 0 Å². The van der Waals surface area contributed by atoms with Gasteiger partial charge in [0.1, 0.15) is 0 Å². The second-order valence-corrected chi connectivity index (χ2v) is 5.38. The molecule has 0 bridgehead atoms. The maximum atomic E-state index is 12.5. The Hall–Kier alpha value is -1.75. The van der Waals surface area contributed by atoms with E-state index in [1.54, 1.807) is 30.2 Å². The zero-order valence-corrected chi connectivity index (χ0v) is 12.8. The molecule has 0 aromatic heterocycles. The number of rotatable bonds is 4. The molecule has 1 aromatic carbocycles. The fraction of sp³-hybridized carbons (Fsp3) is 0.562. The van der Waals surface area contributed by atoms with Crippen molar-refractivity contribution in [2.75, 3.05) is 26.8 Å². The molecular weight excluding hydrogens is 270 g/mol. The second kappa shape index (κ2) is 6.80. The standard InChI is InChI=1S/C16H23NO4/c1-4-21-14-6-5-12(9-15(14)20-3)16(19)17-8-7-11(2)13(18)10-17/h5-6,9,11,13,18H,4,7-8,10H2,1-3H3. The summed E-state index contributed by atoms with van der Waals surface area (Å²) in [6, 6.07) is 5.18. The minimum absolute atomic E-state index is 0.0812. The van der Waals surface area contributed by atoms with Gasteiger partial charge in [-0.3, -0.25) is 4.79 Å². The summed E-state index contributed by atoms with van der Waals surface area (Å²) in [7, 11) is 1.55. The van der Waals surface area contributed by atoms with Gasteiger partial charge >= 0.3 is 0 Å². The van der Waals surface area contributed by atoms with Crippen molar-refractivity contribution in [1.82, 2.24) is 4.90 Å². The third-order valence-corrected chi connectivity index (χ3v) is 3.92. The number of piperidine rings is 1. The molecule has 0 radical (unpaired) electrons. The molecule has 0 spiro atoms. The van der Waals surface area contributed by atoms with Crippen molar-refractivity contribution in [2.24, 2.45) is 5.92 Å². The SMILES string of the molecule is CCOc1ccc(C(=O)N2CCC(C)C(O)C2)cc1OC. The summed E-state index contributed by atoms with van der Waals surface area (Å²) in [4.78, 5) is 14.2. The number of nitrogens with zero attached hydrogens (tertiary/aromatic N) is 1. The predicted molar refractivity (Wildman–Crippen MR) is 79.9 cm³/mol. The number of ether oxygens (including phenoxy) is 2. The summed E-state index contributed by atoms with van der Waals surface area (Å²) in [6.45, 7) is 5.50. The molecule has 0 aliphatic carbocycles. The molecule has 1 N–H and O–H groups in total. The first kappa shape index (κ1) is 15.6. The number of carbonyl (C=O) groups excluding carboxylic acids is 1. The van der Waals surface area contributed by atoms with Gasteiger partial charge < -0.3 is 19.5 Å². The van der Waals surface area contributed by atoms with Crippen molar-refractivity contribution in [2.45, 2.75) is 26.4 Å². The molecule has 2 rings (SSSR count). The Labute approximate surface area is 125 Å². The van der Waals surface area contributed by atoms with Crippen LogP contribution < -0.4 is 9.47 Å². The molecule has 1 aromatic rings. The molecule has 1 heterocycles. The molecule has 5 nitrogen and oxygen atoms in total. The van der Waals surface area contributed by atoms with E-state index >= 15 is 0 Å². The third kappa shape index (κ3) is 3.47. The van der Waals surface area contributed by atoms with Gasteiger partial charge in [0.2, 0.25) is 0 Å². The summed E-state index contributed by atoms with van der Waals surface area (Å²) < 4.78 is 10.7. The van der Waals surface area contributed by atoms with E-state index in [-0.39, 0.29) is 11.8 Å². The maximum absolute atomic E-state index is 12.5. The average Bonchev–Trinajstić information content (AvgIpc) is 2.50. The van der Waals surface area contributed by atoms with Crippen LogP contribution in [0.3, 0.4) is 0 Å². The van der Waals surface area contributed by atoms with Gasteiger partial charge in [-0.25, -0.2) is 0 Å². The van der Waals surface area contributed by atoms with E-state index in [9.17, 15) is 9.90 Å². The van der Waals surface area contributed by atoms with E-state index < -0.39 is 6.10 Å². The number of amides is 1. The topological polar surface area (TPSA) is 59.0 Å². The normalized spacial score (nSPS) is 22.0. The van der Waals surface area contributed by atoms with E-state index in [4.69, 9.17) is 9.47 Å². The van der Waals surface area contributed by atoms with Crippen molar-refractivity contribution >= 4 is 5.91 Å². The summed E-state index contributed by atoms with van der Waals surface area (Å²) >= 11 is 0. The van der Waals surface area contributed by atoms with Crippen LogP contribution in [-0.4, -0.2) is 48.8 Å². The van der Waals surface area contributed by atoms with Crippen LogP contribution in [0.1, 0.15) is 30.6 Å². The molecule has 1 saturated heterocycles. The molecule has 5 heteroatoms. The summed E-state index contributed by atoms with van der Waals surface area (Å²) in [6.07, 6.45) is 0.369. The molecule has 116 valence electrons. The number of benzene rings is 1. The first-order valence-electron chi connectivity index (χ1n) is 7.35. The van der Waals surface area contributed by atoms with Gasteiger partial charge in [-0.05, 0) is 37.5 Å². The highest BCUT2D eigenvalue weighted by Gasteiger charge is 2.28. The smallest absolute Gasteiger partial charge is 0.254 e. The van der Waals surface area contributed by atoms with Crippen molar-refractivity contribution in [3.63, 3.8) is 0 Å².